The molecule has 5 nitrogen and oxygen atoms in total. The molecule has 1 aliphatic heterocycles. The average Bonchev–Trinajstić information content (AvgIpc) is 2.91. The Bertz CT molecular complexity index is 949. The predicted molar refractivity (Wildman–Crippen MR) is 90.7 cm³/mol. The Morgan fingerprint density at radius 1 is 0.792 bits per heavy atom. The van der Waals surface area contributed by atoms with Crippen LogP contribution in [0.2, 0.25) is 0 Å². The van der Waals surface area contributed by atoms with E-state index in [4.69, 9.17) is 5.73 Å². The lowest BCUT2D eigenvalue weighted by Crippen LogP contribution is -2.19. The normalized spacial score (nSPS) is 12.2. The van der Waals surface area contributed by atoms with Crippen molar-refractivity contribution in [3.63, 3.8) is 0 Å². The lowest BCUT2D eigenvalue weighted by atomic mass is 10.0. The van der Waals surface area contributed by atoms with Crippen molar-refractivity contribution >= 4 is 28.5 Å². The first-order valence-electron chi connectivity index (χ1n) is 7.30. The molecule has 1 aliphatic rings. The van der Waals surface area contributed by atoms with E-state index >= 15 is 0 Å². The van der Waals surface area contributed by atoms with Gasteiger partial charge < -0.3 is 5.73 Å². The fraction of sp³-hybridized carbons (Fsp3) is 0. The fourth-order valence-electron chi connectivity index (χ4n) is 2.54. The second kappa shape index (κ2) is 6.34. The molecule has 4 rings (SSSR count). The van der Waals surface area contributed by atoms with Crippen LogP contribution in [0.3, 0.4) is 0 Å². The highest BCUT2D eigenvalue weighted by molar-refractivity contribution is 6.26. The molecule has 5 heteroatoms. The minimum absolute atomic E-state index is 0.299. The smallest absolute Gasteiger partial charge is 0.259 e. The van der Waals surface area contributed by atoms with Crippen molar-refractivity contribution in [1.29, 1.82) is 0 Å². The number of rotatable bonds is 1. The lowest BCUT2D eigenvalue weighted by molar-refractivity contribution is 0.0879. The molecule has 0 atom stereocenters. The van der Waals surface area contributed by atoms with Crippen molar-refractivity contribution in [3.8, 4) is 0 Å². The van der Waals surface area contributed by atoms with E-state index in [0.717, 1.165) is 10.8 Å². The zero-order valence-electron chi connectivity index (χ0n) is 12.7. The van der Waals surface area contributed by atoms with Crippen molar-refractivity contribution in [2.45, 2.75) is 0 Å². The molecule has 0 spiro atoms. The van der Waals surface area contributed by atoms with E-state index in [1.54, 1.807) is 30.3 Å². The Morgan fingerprint density at radius 3 is 2.12 bits per heavy atom. The third-order valence-corrected chi connectivity index (χ3v) is 3.69. The summed E-state index contributed by atoms with van der Waals surface area (Å²) >= 11 is 0. The second-order valence-corrected chi connectivity index (χ2v) is 5.22. The zero-order valence-corrected chi connectivity index (χ0v) is 12.7. The van der Waals surface area contributed by atoms with Crippen LogP contribution in [0.25, 0.3) is 10.8 Å². The molecule has 0 bridgehead atoms. The van der Waals surface area contributed by atoms with Crippen LogP contribution in [0.15, 0.2) is 66.7 Å². The number of hydrogen-bond donors (Lipinski definition) is 2. The Kier molecular flexibility index (Phi) is 4.07. The van der Waals surface area contributed by atoms with E-state index < -0.39 is 0 Å². The van der Waals surface area contributed by atoms with Crippen LogP contribution in [0.4, 0.5) is 0 Å². The number of primary amides is 1. The molecule has 0 aromatic heterocycles. The average molecular weight is 318 g/mol. The van der Waals surface area contributed by atoms with Crippen LogP contribution in [0, 0.1) is 0 Å². The predicted octanol–water partition coefficient (Wildman–Crippen LogP) is 2.51. The number of nitrogens with two attached hydrogens (primary N) is 1. The van der Waals surface area contributed by atoms with Crippen LogP contribution in [0.5, 0.6) is 0 Å². The minimum Gasteiger partial charge on any atom is -0.366 e. The van der Waals surface area contributed by atoms with Gasteiger partial charge in [-0.3, -0.25) is 19.7 Å². The van der Waals surface area contributed by atoms with Crippen molar-refractivity contribution in [3.05, 3.63) is 83.4 Å². The van der Waals surface area contributed by atoms with Gasteiger partial charge in [-0.1, -0.05) is 48.5 Å². The molecule has 0 aliphatic carbocycles. The number of fused-ring (bicyclic) bond motifs is 3. The van der Waals surface area contributed by atoms with E-state index in [0.29, 0.717) is 16.7 Å². The molecule has 3 aromatic rings. The number of carbonyl (C=O) groups excluding carboxylic acids is 3. The molecule has 0 radical (unpaired) electrons. The van der Waals surface area contributed by atoms with Crippen molar-refractivity contribution < 1.29 is 14.4 Å². The topological polar surface area (TPSA) is 89.3 Å². The second-order valence-electron chi connectivity index (χ2n) is 5.22. The number of hydrogen-bond acceptors (Lipinski definition) is 3. The third kappa shape index (κ3) is 2.87. The summed E-state index contributed by atoms with van der Waals surface area (Å²) in [4.78, 5) is 33.4. The molecular weight excluding hydrogens is 304 g/mol. The van der Waals surface area contributed by atoms with Crippen molar-refractivity contribution in [1.82, 2.24) is 5.32 Å². The van der Waals surface area contributed by atoms with Crippen LogP contribution in [-0.2, 0) is 0 Å². The number of nitrogens with one attached hydrogen (secondary N) is 1. The monoisotopic (exact) mass is 318 g/mol. The summed E-state index contributed by atoms with van der Waals surface area (Å²) in [6.45, 7) is 0. The van der Waals surface area contributed by atoms with Crippen LogP contribution in [0.1, 0.15) is 31.1 Å². The molecule has 3 N–H and O–H groups in total. The van der Waals surface area contributed by atoms with E-state index in [2.05, 4.69) is 5.32 Å². The van der Waals surface area contributed by atoms with Gasteiger partial charge in [0.1, 0.15) is 0 Å². The molecule has 3 aromatic carbocycles. The summed E-state index contributed by atoms with van der Waals surface area (Å²) < 4.78 is 0. The molecule has 24 heavy (non-hydrogen) atoms. The molecule has 0 saturated heterocycles. The zero-order chi connectivity index (χ0) is 17.1. The fourth-order valence-corrected chi connectivity index (χ4v) is 2.54. The summed E-state index contributed by atoms with van der Waals surface area (Å²) in [5.74, 6) is -0.983. The van der Waals surface area contributed by atoms with Gasteiger partial charge in [0.25, 0.3) is 11.8 Å². The number of amides is 3. The molecular formula is C19H14N2O3. The van der Waals surface area contributed by atoms with Gasteiger partial charge in [0.15, 0.2) is 0 Å². The van der Waals surface area contributed by atoms with Crippen LogP contribution >= 0.6 is 0 Å². The van der Waals surface area contributed by atoms with E-state index in [-0.39, 0.29) is 17.7 Å². The van der Waals surface area contributed by atoms with Gasteiger partial charge in [0.2, 0.25) is 5.91 Å². The minimum atomic E-state index is -0.379. The first-order chi connectivity index (χ1) is 11.6. The lowest BCUT2D eigenvalue weighted by Gasteiger charge is -2.00. The molecule has 0 unspecified atom stereocenters. The summed E-state index contributed by atoms with van der Waals surface area (Å²) in [5.41, 5.74) is 6.50. The molecule has 3 amide bonds. The number of carbonyl (C=O) groups is 3. The summed E-state index contributed by atoms with van der Waals surface area (Å²) in [6, 6.07) is 19.8. The maximum absolute atomic E-state index is 11.6. The Balaban J connectivity index is 0.000000162. The van der Waals surface area contributed by atoms with Gasteiger partial charge in [0, 0.05) is 5.56 Å². The summed E-state index contributed by atoms with van der Waals surface area (Å²) in [5, 5.41) is 4.10. The third-order valence-electron chi connectivity index (χ3n) is 3.69. The SMILES string of the molecule is NC(=O)c1ccccc1.O=C1NC(=O)c2c1ccc1ccccc21. The largest absolute Gasteiger partial charge is 0.366 e. The summed E-state index contributed by atoms with van der Waals surface area (Å²) in [6.07, 6.45) is 0. The highest BCUT2D eigenvalue weighted by Gasteiger charge is 2.28. The molecule has 118 valence electrons. The van der Waals surface area contributed by atoms with Crippen LogP contribution in [-0.4, -0.2) is 17.7 Å². The van der Waals surface area contributed by atoms with Gasteiger partial charge in [-0.2, -0.15) is 0 Å². The van der Waals surface area contributed by atoms with E-state index in [9.17, 15) is 14.4 Å². The van der Waals surface area contributed by atoms with E-state index in [1.807, 2.05) is 36.4 Å². The van der Waals surface area contributed by atoms with Gasteiger partial charge in [-0.05, 0) is 29.0 Å². The summed E-state index contributed by atoms with van der Waals surface area (Å²) in [7, 11) is 0. The number of benzene rings is 3. The van der Waals surface area contributed by atoms with E-state index in [1.165, 1.54) is 0 Å². The van der Waals surface area contributed by atoms with Crippen molar-refractivity contribution in [2.24, 2.45) is 5.73 Å². The van der Waals surface area contributed by atoms with Gasteiger partial charge in [0.05, 0.1) is 11.1 Å². The highest BCUT2D eigenvalue weighted by atomic mass is 16.2. The van der Waals surface area contributed by atoms with Gasteiger partial charge in [-0.15, -0.1) is 0 Å². The van der Waals surface area contributed by atoms with Crippen LogP contribution < -0.4 is 11.1 Å². The van der Waals surface area contributed by atoms with Gasteiger partial charge >= 0.3 is 0 Å². The molecule has 1 heterocycles. The Morgan fingerprint density at radius 2 is 1.46 bits per heavy atom. The first-order valence-corrected chi connectivity index (χ1v) is 7.30. The number of imide groups is 1. The Hall–Kier alpha value is -3.47. The molecule has 0 saturated carbocycles. The quantitative estimate of drug-likeness (QED) is 0.676. The maximum atomic E-state index is 11.6. The standard InChI is InChI=1S/C12H7NO2.C7H7NO/c14-11-9-6-5-7-3-1-2-4-8(7)10(9)12(15)13-11;8-7(9)6-4-2-1-3-5-6/h1-6H,(H,13,14,15);1-5H,(H2,8,9). The van der Waals surface area contributed by atoms with Gasteiger partial charge in [-0.25, -0.2) is 0 Å². The first kappa shape index (κ1) is 15.4. The maximum Gasteiger partial charge on any atom is 0.259 e. The Labute approximate surface area is 138 Å². The highest BCUT2D eigenvalue weighted by Crippen LogP contribution is 2.25. The van der Waals surface area contributed by atoms with Crippen molar-refractivity contribution in [2.75, 3.05) is 0 Å². The molecule has 0 fully saturated rings.